The molecule has 2 aliphatic rings. The summed E-state index contributed by atoms with van der Waals surface area (Å²) in [6.45, 7) is 10.3. The van der Waals surface area contributed by atoms with Crippen molar-refractivity contribution in [3.8, 4) is 0 Å². The Bertz CT molecular complexity index is 311. The second-order valence-electron chi connectivity index (χ2n) is 7.40. The molecule has 0 spiro atoms. The van der Waals surface area contributed by atoms with Crippen molar-refractivity contribution < 1.29 is 0 Å². The van der Waals surface area contributed by atoms with Crippen molar-refractivity contribution in [1.29, 1.82) is 0 Å². The molecule has 0 aromatic rings. The number of amidine groups is 1. The van der Waals surface area contributed by atoms with E-state index in [0.29, 0.717) is 16.2 Å². The largest absolute Gasteiger partial charge is 0.360 e. The maximum atomic E-state index is 4.71. The number of aliphatic imine (C=N–C) groups is 1. The second kappa shape index (κ2) is 5.44. The van der Waals surface area contributed by atoms with E-state index in [9.17, 15) is 0 Å². The van der Waals surface area contributed by atoms with Gasteiger partial charge in [0.05, 0.1) is 6.54 Å². The number of thioether (sulfide) groups is 1. The number of hydrogen-bond acceptors (Lipinski definition) is 3. The first-order valence-electron chi connectivity index (χ1n) is 7.36. The zero-order valence-corrected chi connectivity index (χ0v) is 13.2. The molecule has 18 heavy (non-hydrogen) atoms. The van der Waals surface area contributed by atoms with Gasteiger partial charge >= 0.3 is 0 Å². The van der Waals surface area contributed by atoms with Crippen LogP contribution in [0.15, 0.2) is 4.99 Å². The van der Waals surface area contributed by atoms with Gasteiger partial charge in [-0.15, -0.1) is 0 Å². The molecular weight excluding hydrogens is 240 g/mol. The van der Waals surface area contributed by atoms with Crippen LogP contribution >= 0.6 is 11.8 Å². The zero-order valence-electron chi connectivity index (χ0n) is 12.4. The van der Waals surface area contributed by atoms with E-state index in [-0.39, 0.29) is 0 Å². The van der Waals surface area contributed by atoms with Crippen molar-refractivity contribution in [3.05, 3.63) is 0 Å². The number of nitrogens with zero attached hydrogens (tertiary/aromatic N) is 1. The molecule has 1 fully saturated rings. The minimum absolute atomic E-state index is 0.306. The van der Waals surface area contributed by atoms with Crippen LogP contribution < -0.4 is 5.32 Å². The molecule has 1 unspecified atom stereocenters. The van der Waals surface area contributed by atoms with Gasteiger partial charge in [0, 0.05) is 10.8 Å². The lowest BCUT2D eigenvalue weighted by Gasteiger charge is -2.35. The second-order valence-corrected chi connectivity index (χ2v) is 8.69. The molecule has 1 aliphatic carbocycles. The Morgan fingerprint density at radius 2 is 1.94 bits per heavy atom. The topological polar surface area (TPSA) is 24.4 Å². The van der Waals surface area contributed by atoms with Crippen LogP contribution in [-0.4, -0.2) is 22.5 Å². The third kappa shape index (κ3) is 4.18. The molecule has 1 heterocycles. The van der Waals surface area contributed by atoms with Crippen LogP contribution in [0.1, 0.15) is 66.2 Å². The summed E-state index contributed by atoms with van der Waals surface area (Å²) in [5.41, 5.74) is 0.720. The van der Waals surface area contributed by atoms with E-state index in [0.717, 1.165) is 6.54 Å². The standard InChI is InChI=1S/C15H28N2S/c1-14(2,3)10-12-11-16-13(18-12)17-15(4)8-6-5-7-9-15/h12H,5-11H2,1-4H3,(H,16,17). The SMILES string of the molecule is CC(C)(C)CC1CN=C(NC2(C)CCCCC2)S1. The van der Waals surface area contributed by atoms with Crippen LogP contribution in [-0.2, 0) is 0 Å². The Morgan fingerprint density at radius 1 is 1.28 bits per heavy atom. The highest BCUT2D eigenvalue weighted by Crippen LogP contribution is 2.34. The average Bonchev–Trinajstić information content (AvgIpc) is 2.62. The minimum atomic E-state index is 0.306. The van der Waals surface area contributed by atoms with E-state index in [4.69, 9.17) is 4.99 Å². The van der Waals surface area contributed by atoms with E-state index in [1.54, 1.807) is 0 Å². The lowest BCUT2D eigenvalue weighted by atomic mass is 9.83. The maximum absolute atomic E-state index is 4.71. The van der Waals surface area contributed by atoms with Crippen LogP contribution in [0.3, 0.4) is 0 Å². The van der Waals surface area contributed by atoms with Gasteiger partial charge in [-0.2, -0.15) is 0 Å². The van der Waals surface area contributed by atoms with Gasteiger partial charge in [-0.05, 0) is 31.6 Å². The van der Waals surface area contributed by atoms with E-state index in [1.165, 1.54) is 43.7 Å². The summed E-state index contributed by atoms with van der Waals surface area (Å²) in [7, 11) is 0. The van der Waals surface area contributed by atoms with E-state index in [2.05, 4.69) is 33.0 Å². The van der Waals surface area contributed by atoms with Gasteiger partial charge in [-0.1, -0.05) is 51.8 Å². The van der Waals surface area contributed by atoms with Crippen LogP contribution in [0.25, 0.3) is 0 Å². The summed E-state index contributed by atoms with van der Waals surface area (Å²) < 4.78 is 0. The molecular formula is C15H28N2S. The Balaban J connectivity index is 1.82. The first-order chi connectivity index (χ1) is 8.36. The molecule has 0 aromatic heterocycles. The van der Waals surface area contributed by atoms with Gasteiger partial charge in [0.15, 0.2) is 5.17 Å². The molecule has 104 valence electrons. The number of hydrogen-bond donors (Lipinski definition) is 1. The lowest BCUT2D eigenvalue weighted by molar-refractivity contribution is 0.292. The summed E-state index contributed by atoms with van der Waals surface area (Å²) in [6.07, 6.45) is 8.00. The molecule has 1 N–H and O–H groups in total. The third-order valence-electron chi connectivity index (χ3n) is 3.92. The monoisotopic (exact) mass is 268 g/mol. The Morgan fingerprint density at radius 3 is 2.56 bits per heavy atom. The molecule has 0 saturated heterocycles. The van der Waals surface area contributed by atoms with Crippen LogP contribution in [0.5, 0.6) is 0 Å². The fourth-order valence-corrected chi connectivity index (χ4v) is 4.49. The molecule has 0 amide bonds. The molecule has 3 heteroatoms. The van der Waals surface area contributed by atoms with Gasteiger partial charge in [-0.3, -0.25) is 4.99 Å². The molecule has 1 aliphatic heterocycles. The van der Waals surface area contributed by atoms with Gasteiger partial charge < -0.3 is 5.32 Å². The van der Waals surface area contributed by atoms with Crippen LogP contribution in [0.2, 0.25) is 0 Å². The average molecular weight is 268 g/mol. The predicted octanol–water partition coefficient (Wildman–Crippen LogP) is 4.21. The molecule has 0 bridgehead atoms. The van der Waals surface area contributed by atoms with Gasteiger partial charge in [0.25, 0.3) is 0 Å². The van der Waals surface area contributed by atoms with Crippen LogP contribution in [0, 0.1) is 5.41 Å². The summed E-state index contributed by atoms with van der Waals surface area (Å²) in [6, 6.07) is 0. The van der Waals surface area contributed by atoms with E-state index < -0.39 is 0 Å². The minimum Gasteiger partial charge on any atom is -0.360 e. The zero-order chi connectivity index (χ0) is 13.2. The lowest BCUT2D eigenvalue weighted by Crippen LogP contribution is -2.46. The summed E-state index contributed by atoms with van der Waals surface area (Å²) in [5, 5.41) is 5.61. The Hall–Kier alpha value is -0.180. The first-order valence-corrected chi connectivity index (χ1v) is 8.24. The summed E-state index contributed by atoms with van der Waals surface area (Å²) in [4.78, 5) is 4.71. The van der Waals surface area contributed by atoms with Crippen molar-refractivity contribution in [2.75, 3.05) is 6.54 Å². The molecule has 1 saturated carbocycles. The normalized spacial score (nSPS) is 28.0. The smallest absolute Gasteiger partial charge is 0.157 e. The summed E-state index contributed by atoms with van der Waals surface area (Å²) in [5.74, 6) is 0. The molecule has 2 nitrogen and oxygen atoms in total. The number of rotatable bonds is 2. The molecule has 2 rings (SSSR count). The highest BCUT2D eigenvalue weighted by Gasteiger charge is 2.31. The maximum Gasteiger partial charge on any atom is 0.157 e. The van der Waals surface area contributed by atoms with Crippen molar-refractivity contribution in [3.63, 3.8) is 0 Å². The molecule has 0 radical (unpaired) electrons. The van der Waals surface area contributed by atoms with Gasteiger partial charge in [0.1, 0.15) is 0 Å². The fourth-order valence-electron chi connectivity index (χ4n) is 2.99. The first kappa shape index (κ1) is 14.2. The van der Waals surface area contributed by atoms with Crippen molar-refractivity contribution in [2.45, 2.75) is 77.0 Å². The van der Waals surface area contributed by atoms with Crippen molar-refractivity contribution in [1.82, 2.24) is 5.32 Å². The number of nitrogens with one attached hydrogen (secondary N) is 1. The molecule has 1 atom stereocenters. The highest BCUT2D eigenvalue weighted by molar-refractivity contribution is 8.14. The predicted molar refractivity (Wildman–Crippen MR) is 82.4 cm³/mol. The van der Waals surface area contributed by atoms with Gasteiger partial charge in [0.2, 0.25) is 0 Å². The highest BCUT2D eigenvalue weighted by atomic mass is 32.2. The third-order valence-corrected chi connectivity index (χ3v) is 5.03. The van der Waals surface area contributed by atoms with Crippen molar-refractivity contribution in [2.24, 2.45) is 10.4 Å². The van der Waals surface area contributed by atoms with Gasteiger partial charge in [-0.25, -0.2) is 0 Å². The van der Waals surface area contributed by atoms with Crippen molar-refractivity contribution >= 4 is 16.9 Å². The Kier molecular flexibility index (Phi) is 4.30. The Labute approximate surface area is 116 Å². The molecule has 0 aromatic carbocycles. The van der Waals surface area contributed by atoms with E-state index >= 15 is 0 Å². The quantitative estimate of drug-likeness (QED) is 0.811. The van der Waals surface area contributed by atoms with Crippen LogP contribution in [0.4, 0.5) is 0 Å². The fraction of sp³-hybridized carbons (Fsp3) is 0.933. The van der Waals surface area contributed by atoms with E-state index in [1.807, 2.05) is 11.8 Å². The summed E-state index contributed by atoms with van der Waals surface area (Å²) >= 11 is 1.97.